The molecule has 2 rings (SSSR count). The van der Waals surface area contributed by atoms with Crippen LogP contribution in [0.4, 0.5) is 0 Å². The van der Waals surface area contributed by atoms with E-state index >= 15 is 0 Å². The quantitative estimate of drug-likeness (QED) is 0.440. The van der Waals surface area contributed by atoms with Crippen LogP contribution in [0.3, 0.4) is 0 Å². The van der Waals surface area contributed by atoms with Crippen molar-refractivity contribution in [3.63, 3.8) is 0 Å². The molecule has 1 N–H and O–H groups in total. The minimum absolute atomic E-state index is 0. The van der Waals surface area contributed by atoms with Gasteiger partial charge in [-0.15, -0.1) is 24.0 Å². The highest BCUT2D eigenvalue weighted by Crippen LogP contribution is 2.14. The predicted octanol–water partition coefficient (Wildman–Crippen LogP) is 3.58. The highest BCUT2D eigenvalue weighted by Gasteiger charge is 2.21. The highest BCUT2D eigenvalue weighted by atomic mass is 127. The number of ether oxygens (including phenoxy) is 1. The van der Waals surface area contributed by atoms with Crippen LogP contribution in [-0.4, -0.2) is 43.2 Å². The Morgan fingerprint density at radius 1 is 1.30 bits per heavy atom. The minimum Gasteiger partial charge on any atom is -0.378 e. The minimum atomic E-state index is 0. The summed E-state index contributed by atoms with van der Waals surface area (Å²) in [7, 11) is 0. The van der Waals surface area contributed by atoms with Crippen molar-refractivity contribution in [1.82, 2.24) is 10.2 Å². The van der Waals surface area contributed by atoms with Gasteiger partial charge in [0, 0.05) is 26.2 Å². The van der Waals surface area contributed by atoms with E-state index < -0.39 is 0 Å². The standard InChI is InChI=1S/C18H29N3O.HI/c1-4-19-18(20-14-16-8-6-7-15(3)13-16)21-11-9-17(10-12-21)22-5-2;/h6-8,13,17H,4-5,9-12,14H2,1-3H3,(H,19,20);1H. The molecule has 1 aliphatic rings. The van der Waals surface area contributed by atoms with Gasteiger partial charge in [-0.2, -0.15) is 0 Å². The monoisotopic (exact) mass is 431 g/mol. The summed E-state index contributed by atoms with van der Waals surface area (Å²) in [6.45, 7) is 10.8. The predicted molar refractivity (Wildman–Crippen MR) is 108 cm³/mol. The lowest BCUT2D eigenvalue weighted by Crippen LogP contribution is -2.47. The number of hydrogen-bond donors (Lipinski definition) is 1. The number of halogens is 1. The zero-order chi connectivity index (χ0) is 15.8. The summed E-state index contributed by atoms with van der Waals surface area (Å²) >= 11 is 0. The molecule has 1 fully saturated rings. The summed E-state index contributed by atoms with van der Waals surface area (Å²) in [4.78, 5) is 7.17. The number of rotatable bonds is 5. The number of nitrogens with zero attached hydrogens (tertiary/aromatic N) is 2. The van der Waals surface area contributed by atoms with Gasteiger partial charge in [-0.3, -0.25) is 0 Å². The maximum absolute atomic E-state index is 5.73. The molecule has 0 spiro atoms. The van der Waals surface area contributed by atoms with Crippen molar-refractivity contribution in [3.8, 4) is 0 Å². The molecule has 5 heteroatoms. The third-order valence-corrected chi connectivity index (χ3v) is 3.97. The number of nitrogens with one attached hydrogen (secondary N) is 1. The Morgan fingerprint density at radius 3 is 2.65 bits per heavy atom. The topological polar surface area (TPSA) is 36.9 Å². The van der Waals surface area contributed by atoms with Crippen LogP contribution in [0.2, 0.25) is 0 Å². The lowest BCUT2D eigenvalue weighted by Gasteiger charge is -2.34. The number of piperidine rings is 1. The lowest BCUT2D eigenvalue weighted by molar-refractivity contribution is 0.0263. The molecule has 4 nitrogen and oxygen atoms in total. The molecule has 0 saturated carbocycles. The van der Waals surface area contributed by atoms with Crippen molar-refractivity contribution in [2.45, 2.75) is 46.3 Å². The van der Waals surface area contributed by atoms with Crippen LogP contribution in [0.5, 0.6) is 0 Å². The molecule has 23 heavy (non-hydrogen) atoms. The van der Waals surface area contributed by atoms with E-state index in [1.54, 1.807) is 0 Å². The van der Waals surface area contributed by atoms with Crippen LogP contribution < -0.4 is 5.32 Å². The molecule has 0 aliphatic carbocycles. The van der Waals surface area contributed by atoms with Crippen LogP contribution in [0.1, 0.15) is 37.8 Å². The summed E-state index contributed by atoms with van der Waals surface area (Å²) in [6.07, 6.45) is 2.59. The third kappa shape index (κ3) is 6.67. The second-order valence-corrected chi connectivity index (χ2v) is 5.80. The number of hydrogen-bond acceptors (Lipinski definition) is 2. The van der Waals surface area contributed by atoms with Gasteiger partial charge in [0.05, 0.1) is 12.6 Å². The number of aryl methyl sites for hydroxylation is 1. The van der Waals surface area contributed by atoms with Crippen LogP contribution in [0.15, 0.2) is 29.3 Å². The summed E-state index contributed by atoms with van der Waals surface area (Å²) in [6, 6.07) is 8.56. The fourth-order valence-corrected chi connectivity index (χ4v) is 2.87. The zero-order valence-corrected chi connectivity index (χ0v) is 16.9. The van der Waals surface area contributed by atoms with Gasteiger partial charge in [-0.1, -0.05) is 29.8 Å². The summed E-state index contributed by atoms with van der Waals surface area (Å²) in [5.41, 5.74) is 2.55. The van der Waals surface area contributed by atoms with E-state index in [-0.39, 0.29) is 24.0 Å². The first-order valence-electron chi connectivity index (χ1n) is 8.43. The second-order valence-electron chi connectivity index (χ2n) is 5.80. The Kier molecular flexibility index (Phi) is 9.55. The van der Waals surface area contributed by atoms with Crippen molar-refractivity contribution >= 4 is 29.9 Å². The van der Waals surface area contributed by atoms with Gasteiger partial charge in [0.15, 0.2) is 5.96 Å². The molecule has 0 unspecified atom stereocenters. The average molecular weight is 431 g/mol. The number of benzene rings is 1. The van der Waals surface area contributed by atoms with Crippen LogP contribution >= 0.6 is 24.0 Å². The SMILES string of the molecule is CCNC(=NCc1cccc(C)c1)N1CCC(OCC)CC1.I. The molecular formula is C18H30IN3O. The van der Waals surface area contributed by atoms with Gasteiger partial charge in [0.25, 0.3) is 0 Å². The van der Waals surface area contributed by atoms with Crippen molar-refractivity contribution in [2.24, 2.45) is 4.99 Å². The first-order chi connectivity index (χ1) is 10.7. The average Bonchev–Trinajstić information content (AvgIpc) is 2.53. The Labute approximate surface area is 157 Å². The molecule has 1 aromatic carbocycles. The van der Waals surface area contributed by atoms with E-state index in [2.05, 4.69) is 55.3 Å². The fraction of sp³-hybridized carbons (Fsp3) is 0.611. The van der Waals surface area contributed by atoms with E-state index in [0.29, 0.717) is 6.10 Å². The maximum atomic E-state index is 5.73. The molecule has 1 aliphatic heterocycles. The van der Waals surface area contributed by atoms with Gasteiger partial charge < -0.3 is 15.0 Å². The smallest absolute Gasteiger partial charge is 0.194 e. The van der Waals surface area contributed by atoms with Gasteiger partial charge in [0.1, 0.15) is 0 Å². The third-order valence-electron chi connectivity index (χ3n) is 3.97. The molecule has 0 radical (unpaired) electrons. The Morgan fingerprint density at radius 2 is 2.04 bits per heavy atom. The molecule has 0 bridgehead atoms. The van der Waals surface area contributed by atoms with E-state index in [0.717, 1.165) is 51.6 Å². The molecule has 0 atom stereocenters. The van der Waals surface area contributed by atoms with Gasteiger partial charge in [0.2, 0.25) is 0 Å². The summed E-state index contributed by atoms with van der Waals surface area (Å²) < 4.78 is 5.73. The van der Waals surface area contributed by atoms with Crippen LogP contribution in [0, 0.1) is 6.92 Å². The number of guanidine groups is 1. The zero-order valence-electron chi connectivity index (χ0n) is 14.5. The second kappa shape index (κ2) is 10.9. The van der Waals surface area contributed by atoms with Crippen LogP contribution in [-0.2, 0) is 11.3 Å². The summed E-state index contributed by atoms with van der Waals surface area (Å²) in [5.74, 6) is 1.03. The lowest BCUT2D eigenvalue weighted by atomic mass is 10.1. The van der Waals surface area contributed by atoms with E-state index in [9.17, 15) is 0 Å². The Bertz CT molecular complexity index is 485. The molecule has 0 amide bonds. The maximum Gasteiger partial charge on any atom is 0.194 e. The highest BCUT2D eigenvalue weighted by molar-refractivity contribution is 14.0. The van der Waals surface area contributed by atoms with Crippen LogP contribution in [0.25, 0.3) is 0 Å². The molecule has 1 saturated heterocycles. The van der Waals surface area contributed by atoms with Crippen molar-refractivity contribution < 1.29 is 4.74 Å². The molecular weight excluding hydrogens is 401 g/mol. The fourth-order valence-electron chi connectivity index (χ4n) is 2.87. The molecule has 1 heterocycles. The number of likely N-dealkylation sites (tertiary alicyclic amines) is 1. The molecule has 1 aromatic rings. The Hall–Kier alpha value is -0.820. The van der Waals surface area contributed by atoms with Crippen molar-refractivity contribution in [1.29, 1.82) is 0 Å². The Balaban J connectivity index is 0.00000264. The van der Waals surface area contributed by atoms with Gasteiger partial charge >= 0.3 is 0 Å². The van der Waals surface area contributed by atoms with Crippen molar-refractivity contribution in [2.75, 3.05) is 26.2 Å². The number of aliphatic imine (C=N–C) groups is 1. The largest absolute Gasteiger partial charge is 0.378 e. The van der Waals surface area contributed by atoms with E-state index in [1.807, 2.05) is 0 Å². The first kappa shape index (κ1) is 20.2. The van der Waals surface area contributed by atoms with Crippen molar-refractivity contribution in [3.05, 3.63) is 35.4 Å². The van der Waals surface area contributed by atoms with Gasteiger partial charge in [-0.05, 0) is 39.2 Å². The van der Waals surface area contributed by atoms with E-state index in [4.69, 9.17) is 9.73 Å². The summed E-state index contributed by atoms with van der Waals surface area (Å²) in [5, 5.41) is 3.42. The van der Waals surface area contributed by atoms with Gasteiger partial charge in [-0.25, -0.2) is 4.99 Å². The molecule has 130 valence electrons. The first-order valence-corrected chi connectivity index (χ1v) is 8.43. The van der Waals surface area contributed by atoms with E-state index in [1.165, 1.54) is 11.1 Å². The normalized spacial score (nSPS) is 16.1. The molecule has 0 aromatic heterocycles.